The van der Waals surface area contributed by atoms with Crippen LogP contribution in [0.1, 0.15) is 40.0 Å². The van der Waals surface area contributed by atoms with Gasteiger partial charge in [-0.15, -0.1) is 0 Å². The van der Waals surface area contributed by atoms with E-state index in [2.05, 4.69) is 31.4 Å². The van der Waals surface area contributed by atoms with Crippen LogP contribution in [-0.4, -0.2) is 43.2 Å². The molecule has 1 aliphatic rings. The summed E-state index contributed by atoms with van der Waals surface area (Å²) in [6.45, 7) is 10.1. The molecule has 0 spiro atoms. The van der Waals surface area contributed by atoms with Crippen LogP contribution in [-0.2, 0) is 0 Å². The van der Waals surface area contributed by atoms with Crippen molar-refractivity contribution in [3.05, 3.63) is 0 Å². The molecular weight excluding hydrogens is 214 g/mol. The molecule has 1 rings (SSSR count). The van der Waals surface area contributed by atoms with Gasteiger partial charge in [0.25, 0.3) is 0 Å². The largest absolute Gasteiger partial charge is 0.338 e. The minimum absolute atomic E-state index is 0.111. The van der Waals surface area contributed by atoms with E-state index in [1.54, 1.807) is 0 Å². The van der Waals surface area contributed by atoms with Crippen molar-refractivity contribution in [2.24, 2.45) is 5.92 Å². The van der Waals surface area contributed by atoms with Gasteiger partial charge < -0.3 is 15.5 Å². The van der Waals surface area contributed by atoms with Crippen LogP contribution in [0.5, 0.6) is 0 Å². The monoisotopic (exact) mass is 241 g/mol. The van der Waals surface area contributed by atoms with Crippen LogP contribution in [0.4, 0.5) is 4.79 Å². The number of hydrogen-bond acceptors (Lipinski definition) is 2. The molecule has 1 aliphatic heterocycles. The first-order valence-corrected chi connectivity index (χ1v) is 6.95. The van der Waals surface area contributed by atoms with Gasteiger partial charge in [0.05, 0.1) is 0 Å². The SMILES string of the molecule is CCCCNC(=O)N1CCC(NCC)C(C)C1. The van der Waals surface area contributed by atoms with Gasteiger partial charge in [0, 0.05) is 25.7 Å². The molecule has 4 nitrogen and oxygen atoms in total. The van der Waals surface area contributed by atoms with Gasteiger partial charge in [0.15, 0.2) is 0 Å². The number of carbonyl (C=O) groups excluding carboxylic acids is 1. The molecule has 0 aromatic heterocycles. The van der Waals surface area contributed by atoms with Crippen LogP contribution in [0.25, 0.3) is 0 Å². The van der Waals surface area contributed by atoms with Crippen LogP contribution in [0.2, 0.25) is 0 Å². The Labute approximate surface area is 105 Å². The zero-order chi connectivity index (χ0) is 12.7. The van der Waals surface area contributed by atoms with E-state index in [4.69, 9.17) is 0 Å². The molecule has 0 aromatic carbocycles. The third-order valence-electron chi connectivity index (χ3n) is 3.47. The lowest BCUT2D eigenvalue weighted by atomic mass is 9.94. The molecular formula is C13H27N3O. The zero-order valence-corrected chi connectivity index (χ0v) is 11.5. The number of likely N-dealkylation sites (tertiary alicyclic amines) is 1. The normalized spacial score (nSPS) is 24.8. The summed E-state index contributed by atoms with van der Waals surface area (Å²) in [5.74, 6) is 0.542. The third kappa shape index (κ3) is 4.54. The first-order chi connectivity index (χ1) is 8.19. The summed E-state index contributed by atoms with van der Waals surface area (Å²) in [7, 11) is 0. The maximum absolute atomic E-state index is 11.9. The fraction of sp³-hybridized carbons (Fsp3) is 0.923. The van der Waals surface area contributed by atoms with Gasteiger partial charge in [0.1, 0.15) is 0 Å². The van der Waals surface area contributed by atoms with Crippen molar-refractivity contribution in [1.29, 1.82) is 0 Å². The summed E-state index contributed by atoms with van der Waals surface area (Å²) in [4.78, 5) is 13.8. The van der Waals surface area contributed by atoms with Crippen LogP contribution in [0.15, 0.2) is 0 Å². The standard InChI is InChI=1S/C13H27N3O/c1-4-6-8-15-13(17)16-9-7-12(14-5-2)11(3)10-16/h11-12,14H,4-10H2,1-3H3,(H,15,17). The second-order valence-corrected chi connectivity index (χ2v) is 4.96. The fourth-order valence-electron chi connectivity index (χ4n) is 2.38. The molecule has 100 valence electrons. The zero-order valence-electron chi connectivity index (χ0n) is 11.5. The molecule has 2 amide bonds. The average molecular weight is 241 g/mol. The van der Waals surface area contributed by atoms with Crippen molar-refractivity contribution >= 4 is 6.03 Å². The summed E-state index contributed by atoms with van der Waals surface area (Å²) >= 11 is 0. The van der Waals surface area contributed by atoms with E-state index in [1.807, 2.05) is 4.90 Å². The molecule has 0 bridgehead atoms. The summed E-state index contributed by atoms with van der Waals surface area (Å²) < 4.78 is 0. The number of hydrogen-bond donors (Lipinski definition) is 2. The molecule has 0 aliphatic carbocycles. The number of rotatable bonds is 5. The summed E-state index contributed by atoms with van der Waals surface area (Å²) in [5.41, 5.74) is 0. The fourth-order valence-corrected chi connectivity index (χ4v) is 2.38. The van der Waals surface area contributed by atoms with Crippen molar-refractivity contribution in [3.63, 3.8) is 0 Å². The number of piperidine rings is 1. The van der Waals surface area contributed by atoms with Crippen molar-refractivity contribution in [3.8, 4) is 0 Å². The van der Waals surface area contributed by atoms with Crippen LogP contribution in [0, 0.1) is 5.92 Å². The van der Waals surface area contributed by atoms with Gasteiger partial charge in [-0.1, -0.05) is 27.2 Å². The molecule has 1 heterocycles. The Kier molecular flexibility index (Phi) is 6.34. The van der Waals surface area contributed by atoms with Crippen LogP contribution < -0.4 is 10.6 Å². The van der Waals surface area contributed by atoms with Crippen LogP contribution >= 0.6 is 0 Å². The first kappa shape index (κ1) is 14.3. The second kappa shape index (κ2) is 7.54. The number of urea groups is 1. The van der Waals surface area contributed by atoms with Crippen molar-refractivity contribution in [2.75, 3.05) is 26.2 Å². The van der Waals surface area contributed by atoms with Gasteiger partial charge in [-0.05, 0) is 25.3 Å². The second-order valence-electron chi connectivity index (χ2n) is 4.96. The van der Waals surface area contributed by atoms with E-state index in [0.29, 0.717) is 12.0 Å². The van der Waals surface area contributed by atoms with Crippen molar-refractivity contribution < 1.29 is 4.79 Å². The minimum Gasteiger partial charge on any atom is -0.338 e. The van der Waals surface area contributed by atoms with Gasteiger partial charge in [-0.2, -0.15) is 0 Å². The number of carbonyl (C=O) groups is 1. The van der Waals surface area contributed by atoms with Gasteiger partial charge in [-0.25, -0.2) is 4.79 Å². The maximum Gasteiger partial charge on any atom is 0.317 e. The number of nitrogens with zero attached hydrogens (tertiary/aromatic N) is 1. The lowest BCUT2D eigenvalue weighted by molar-refractivity contribution is 0.151. The Morgan fingerprint density at radius 3 is 2.76 bits per heavy atom. The molecule has 17 heavy (non-hydrogen) atoms. The van der Waals surface area contributed by atoms with Crippen molar-refractivity contribution in [1.82, 2.24) is 15.5 Å². The Morgan fingerprint density at radius 2 is 2.18 bits per heavy atom. The molecule has 2 atom stereocenters. The maximum atomic E-state index is 11.9. The number of unbranched alkanes of at least 4 members (excludes halogenated alkanes) is 1. The number of amides is 2. The molecule has 1 saturated heterocycles. The lowest BCUT2D eigenvalue weighted by Crippen LogP contribution is -2.52. The predicted molar refractivity (Wildman–Crippen MR) is 71.1 cm³/mol. The topological polar surface area (TPSA) is 44.4 Å². The highest BCUT2D eigenvalue weighted by Gasteiger charge is 2.27. The molecule has 4 heteroatoms. The molecule has 0 saturated carbocycles. The molecule has 2 unspecified atom stereocenters. The average Bonchev–Trinajstić information content (AvgIpc) is 2.32. The van der Waals surface area contributed by atoms with Gasteiger partial charge in [0.2, 0.25) is 0 Å². The Balaban J connectivity index is 2.30. The minimum atomic E-state index is 0.111. The van der Waals surface area contributed by atoms with E-state index in [0.717, 1.165) is 45.4 Å². The Hall–Kier alpha value is -0.770. The van der Waals surface area contributed by atoms with Gasteiger partial charge >= 0.3 is 6.03 Å². The predicted octanol–water partition coefficient (Wildman–Crippen LogP) is 1.82. The molecule has 1 fully saturated rings. The molecule has 2 N–H and O–H groups in total. The van der Waals surface area contributed by atoms with Crippen molar-refractivity contribution in [2.45, 2.75) is 46.1 Å². The highest BCUT2D eigenvalue weighted by molar-refractivity contribution is 5.74. The molecule has 0 aromatic rings. The van der Waals surface area contributed by atoms with Crippen LogP contribution in [0.3, 0.4) is 0 Å². The quantitative estimate of drug-likeness (QED) is 0.721. The van der Waals surface area contributed by atoms with E-state index in [9.17, 15) is 4.79 Å². The highest BCUT2D eigenvalue weighted by Crippen LogP contribution is 2.16. The van der Waals surface area contributed by atoms with E-state index in [1.165, 1.54) is 0 Å². The summed E-state index contributed by atoms with van der Waals surface area (Å²) in [6, 6.07) is 0.681. The number of nitrogens with one attached hydrogen (secondary N) is 2. The molecule has 0 radical (unpaired) electrons. The van der Waals surface area contributed by atoms with E-state index < -0.39 is 0 Å². The summed E-state index contributed by atoms with van der Waals surface area (Å²) in [6.07, 6.45) is 3.25. The highest BCUT2D eigenvalue weighted by atomic mass is 16.2. The Bertz CT molecular complexity index is 233. The van der Waals surface area contributed by atoms with E-state index in [-0.39, 0.29) is 6.03 Å². The summed E-state index contributed by atoms with van der Waals surface area (Å²) in [5, 5.41) is 6.47. The smallest absolute Gasteiger partial charge is 0.317 e. The van der Waals surface area contributed by atoms with E-state index >= 15 is 0 Å². The van der Waals surface area contributed by atoms with Gasteiger partial charge in [-0.3, -0.25) is 0 Å². The lowest BCUT2D eigenvalue weighted by Gasteiger charge is -2.37. The first-order valence-electron chi connectivity index (χ1n) is 6.95. The third-order valence-corrected chi connectivity index (χ3v) is 3.47. The Morgan fingerprint density at radius 1 is 1.41 bits per heavy atom.